The molecule has 1 aromatic carbocycles. The average molecular weight is 261 g/mol. The van der Waals surface area contributed by atoms with Gasteiger partial charge in [-0.15, -0.1) is 0 Å². The molecule has 1 aromatic rings. The average Bonchev–Trinajstić information content (AvgIpc) is 3.18. The summed E-state index contributed by atoms with van der Waals surface area (Å²) in [7, 11) is 0. The molecule has 3 nitrogen and oxygen atoms in total. The number of aryl methyl sites for hydroxylation is 1. The van der Waals surface area contributed by atoms with E-state index in [-0.39, 0.29) is 0 Å². The number of rotatable bonds is 3. The SMILES string of the molecule is Cc1cc2c(cc1C(C)CCN)OCC1(CC1)CO2. The Morgan fingerprint density at radius 3 is 2.42 bits per heavy atom. The molecule has 0 saturated heterocycles. The van der Waals surface area contributed by atoms with Crippen molar-refractivity contribution in [3.05, 3.63) is 23.3 Å². The smallest absolute Gasteiger partial charge is 0.161 e. The molecule has 3 heteroatoms. The van der Waals surface area contributed by atoms with Crippen LogP contribution in [0.25, 0.3) is 0 Å². The molecule has 0 amide bonds. The number of benzene rings is 1. The summed E-state index contributed by atoms with van der Waals surface area (Å²) in [6.07, 6.45) is 3.47. The monoisotopic (exact) mass is 261 g/mol. The Balaban J connectivity index is 1.88. The van der Waals surface area contributed by atoms with E-state index in [0.717, 1.165) is 37.7 Å². The van der Waals surface area contributed by atoms with Gasteiger partial charge in [-0.05, 0) is 61.9 Å². The third-order valence-corrected chi connectivity index (χ3v) is 4.49. The number of nitrogens with two attached hydrogens (primary N) is 1. The summed E-state index contributed by atoms with van der Waals surface area (Å²) in [4.78, 5) is 0. The highest BCUT2D eigenvalue weighted by Gasteiger charge is 2.46. The highest BCUT2D eigenvalue weighted by molar-refractivity contribution is 5.48. The number of hydrogen-bond donors (Lipinski definition) is 1. The van der Waals surface area contributed by atoms with Crippen LogP contribution in [0.2, 0.25) is 0 Å². The van der Waals surface area contributed by atoms with Gasteiger partial charge >= 0.3 is 0 Å². The Hall–Kier alpha value is -1.22. The predicted molar refractivity (Wildman–Crippen MR) is 75.9 cm³/mol. The molecule has 1 aliphatic heterocycles. The zero-order valence-corrected chi connectivity index (χ0v) is 11.9. The van der Waals surface area contributed by atoms with Crippen molar-refractivity contribution < 1.29 is 9.47 Å². The Labute approximate surface area is 115 Å². The lowest BCUT2D eigenvalue weighted by atomic mass is 9.93. The third-order valence-electron chi connectivity index (χ3n) is 4.49. The summed E-state index contributed by atoms with van der Waals surface area (Å²) in [5.74, 6) is 2.29. The van der Waals surface area contributed by atoms with Gasteiger partial charge in [0.05, 0.1) is 13.2 Å². The van der Waals surface area contributed by atoms with E-state index < -0.39 is 0 Å². The van der Waals surface area contributed by atoms with Gasteiger partial charge in [-0.25, -0.2) is 0 Å². The van der Waals surface area contributed by atoms with Gasteiger partial charge in [-0.3, -0.25) is 0 Å². The van der Waals surface area contributed by atoms with E-state index in [9.17, 15) is 0 Å². The minimum Gasteiger partial charge on any atom is -0.489 e. The van der Waals surface area contributed by atoms with E-state index in [1.807, 2.05) is 0 Å². The maximum absolute atomic E-state index is 5.99. The summed E-state index contributed by atoms with van der Waals surface area (Å²) in [5, 5.41) is 0. The van der Waals surface area contributed by atoms with Crippen LogP contribution >= 0.6 is 0 Å². The van der Waals surface area contributed by atoms with Gasteiger partial charge in [-0.2, -0.15) is 0 Å². The fraction of sp³-hybridized carbons (Fsp3) is 0.625. The normalized spacial score (nSPS) is 21.0. The van der Waals surface area contributed by atoms with Gasteiger partial charge in [0.15, 0.2) is 11.5 Å². The van der Waals surface area contributed by atoms with E-state index in [1.54, 1.807) is 0 Å². The van der Waals surface area contributed by atoms with Crippen LogP contribution in [0.5, 0.6) is 11.5 Å². The Morgan fingerprint density at radius 2 is 1.84 bits per heavy atom. The molecule has 104 valence electrons. The van der Waals surface area contributed by atoms with E-state index in [4.69, 9.17) is 15.2 Å². The Bertz CT molecular complexity index is 480. The molecule has 1 fully saturated rings. The van der Waals surface area contributed by atoms with Crippen molar-refractivity contribution in [3.63, 3.8) is 0 Å². The molecule has 1 spiro atoms. The minimum absolute atomic E-state index is 0.302. The molecule has 2 aliphatic rings. The maximum atomic E-state index is 5.99. The molecule has 0 aromatic heterocycles. The van der Waals surface area contributed by atoms with Crippen molar-refractivity contribution in [1.29, 1.82) is 0 Å². The van der Waals surface area contributed by atoms with Crippen LogP contribution < -0.4 is 15.2 Å². The molecular weight excluding hydrogens is 238 g/mol. The third kappa shape index (κ3) is 2.44. The van der Waals surface area contributed by atoms with Crippen molar-refractivity contribution in [2.24, 2.45) is 11.1 Å². The van der Waals surface area contributed by atoms with Gasteiger partial charge in [0.1, 0.15) is 0 Å². The van der Waals surface area contributed by atoms with Gasteiger partial charge < -0.3 is 15.2 Å². The highest BCUT2D eigenvalue weighted by Crippen LogP contribution is 2.49. The van der Waals surface area contributed by atoms with E-state index >= 15 is 0 Å². The fourth-order valence-electron chi connectivity index (χ4n) is 2.81. The summed E-state index contributed by atoms with van der Waals surface area (Å²) in [5.41, 5.74) is 8.58. The zero-order chi connectivity index (χ0) is 13.5. The van der Waals surface area contributed by atoms with Crippen molar-refractivity contribution in [2.45, 2.75) is 39.0 Å². The molecule has 1 aliphatic carbocycles. The Morgan fingerprint density at radius 1 is 1.21 bits per heavy atom. The van der Waals surface area contributed by atoms with Crippen LogP contribution in [0.3, 0.4) is 0 Å². The van der Waals surface area contributed by atoms with Gasteiger partial charge in [0.2, 0.25) is 0 Å². The topological polar surface area (TPSA) is 44.5 Å². The first-order valence-electron chi connectivity index (χ1n) is 7.24. The lowest BCUT2D eigenvalue weighted by Crippen LogP contribution is -2.17. The number of ether oxygens (including phenoxy) is 2. The van der Waals surface area contributed by atoms with Gasteiger partial charge in [0, 0.05) is 5.41 Å². The van der Waals surface area contributed by atoms with Crippen LogP contribution in [0.1, 0.15) is 43.2 Å². The van der Waals surface area contributed by atoms with Crippen LogP contribution in [0, 0.1) is 12.3 Å². The van der Waals surface area contributed by atoms with Crippen molar-refractivity contribution in [3.8, 4) is 11.5 Å². The summed E-state index contributed by atoms with van der Waals surface area (Å²) < 4.78 is 11.9. The maximum Gasteiger partial charge on any atom is 0.161 e. The van der Waals surface area contributed by atoms with E-state index in [0.29, 0.717) is 11.3 Å². The van der Waals surface area contributed by atoms with E-state index in [2.05, 4.69) is 26.0 Å². The first kappa shape index (κ1) is 12.8. The second kappa shape index (κ2) is 4.71. The van der Waals surface area contributed by atoms with Crippen LogP contribution in [-0.2, 0) is 0 Å². The molecule has 1 atom stereocenters. The van der Waals surface area contributed by atoms with Gasteiger partial charge in [0.25, 0.3) is 0 Å². The van der Waals surface area contributed by atoms with Crippen LogP contribution in [0.15, 0.2) is 12.1 Å². The first-order valence-corrected chi connectivity index (χ1v) is 7.24. The first-order chi connectivity index (χ1) is 9.13. The molecule has 0 bridgehead atoms. The second-order valence-corrected chi connectivity index (χ2v) is 6.21. The molecule has 2 N–H and O–H groups in total. The summed E-state index contributed by atoms with van der Waals surface area (Å²) in [6.45, 7) is 6.69. The van der Waals surface area contributed by atoms with Gasteiger partial charge in [-0.1, -0.05) is 6.92 Å². The lowest BCUT2D eigenvalue weighted by molar-refractivity contribution is 0.197. The largest absolute Gasteiger partial charge is 0.489 e. The molecule has 19 heavy (non-hydrogen) atoms. The standard InChI is InChI=1S/C16H23NO2/c1-11(3-6-17)13-8-15-14(7-12(13)2)18-9-16(4-5-16)10-19-15/h7-8,11H,3-6,9-10,17H2,1-2H3. The molecule has 1 saturated carbocycles. The highest BCUT2D eigenvalue weighted by atomic mass is 16.5. The summed E-state index contributed by atoms with van der Waals surface area (Å²) >= 11 is 0. The number of hydrogen-bond acceptors (Lipinski definition) is 3. The van der Waals surface area contributed by atoms with E-state index in [1.165, 1.54) is 24.0 Å². The Kier molecular flexibility index (Phi) is 3.17. The quantitative estimate of drug-likeness (QED) is 0.909. The second-order valence-electron chi connectivity index (χ2n) is 6.21. The predicted octanol–water partition coefficient (Wildman–Crippen LogP) is 3.00. The van der Waals surface area contributed by atoms with Crippen molar-refractivity contribution in [2.75, 3.05) is 19.8 Å². The van der Waals surface area contributed by atoms with Crippen LogP contribution in [0.4, 0.5) is 0 Å². The molecular formula is C16H23NO2. The molecule has 0 radical (unpaired) electrons. The summed E-state index contributed by atoms with van der Waals surface area (Å²) in [6, 6.07) is 4.28. The lowest BCUT2D eigenvalue weighted by Gasteiger charge is -2.17. The van der Waals surface area contributed by atoms with Crippen molar-refractivity contribution >= 4 is 0 Å². The van der Waals surface area contributed by atoms with Crippen molar-refractivity contribution in [1.82, 2.24) is 0 Å². The number of fused-ring (bicyclic) bond motifs is 1. The molecule has 3 rings (SSSR count). The van der Waals surface area contributed by atoms with Crippen LogP contribution in [-0.4, -0.2) is 19.8 Å². The minimum atomic E-state index is 0.302. The fourth-order valence-corrected chi connectivity index (χ4v) is 2.81. The molecule has 1 unspecified atom stereocenters. The molecule has 1 heterocycles. The zero-order valence-electron chi connectivity index (χ0n) is 11.9.